The van der Waals surface area contributed by atoms with Gasteiger partial charge in [0, 0.05) is 29.7 Å². The summed E-state index contributed by atoms with van der Waals surface area (Å²) in [4.78, 5) is 14.5. The van der Waals surface area contributed by atoms with Gasteiger partial charge in [-0.2, -0.15) is 11.8 Å². The quantitative estimate of drug-likeness (QED) is 0.793. The summed E-state index contributed by atoms with van der Waals surface area (Å²) in [6, 6.07) is 2.74. The van der Waals surface area contributed by atoms with E-state index in [1.165, 1.54) is 6.07 Å². The number of rotatable bonds is 3. The average Bonchev–Trinajstić information content (AvgIpc) is 2.58. The molecule has 0 aromatic heterocycles. The van der Waals surface area contributed by atoms with Crippen molar-refractivity contribution in [3.63, 3.8) is 0 Å². The van der Waals surface area contributed by atoms with Crippen molar-refractivity contribution in [2.24, 2.45) is 0 Å². The maximum Gasteiger partial charge on any atom is 0.182 e. The number of thioether (sulfide) groups is 1. The Kier molecular flexibility index (Phi) is 5.04. The van der Waals surface area contributed by atoms with Crippen LogP contribution in [0.1, 0.15) is 37.6 Å². The Morgan fingerprint density at radius 1 is 1.33 bits per heavy atom. The first-order valence-electron chi connectivity index (χ1n) is 7.17. The van der Waals surface area contributed by atoms with Crippen LogP contribution in [0.4, 0.5) is 8.78 Å². The van der Waals surface area contributed by atoms with E-state index in [0.29, 0.717) is 0 Å². The van der Waals surface area contributed by atoms with Gasteiger partial charge >= 0.3 is 0 Å². The molecular weight excluding hydrogens is 292 g/mol. The minimum absolute atomic E-state index is 0.0277. The first-order chi connectivity index (χ1) is 9.80. The number of ketones is 1. The van der Waals surface area contributed by atoms with Crippen molar-refractivity contribution in [1.29, 1.82) is 0 Å². The molecule has 1 unspecified atom stereocenters. The highest BCUT2D eigenvalue weighted by Crippen LogP contribution is 2.31. The number of nitrogens with zero attached hydrogens (tertiary/aromatic N) is 1. The molecule has 0 spiro atoms. The molecule has 0 N–H and O–H groups in total. The Hall–Kier alpha value is -0.940. The molecule has 1 aromatic carbocycles. The van der Waals surface area contributed by atoms with Crippen molar-refractivity contribution in [2.75, 3.05) is 18.8 Å². The highest BCUT2D eigenvalue weighted by molar-refractivity contribution is 8.00. The van der Waals surface area contributed by atoms with E-state index in [4.69, 9.17) is 0 Å². The molecule has 0 saturated carbocycles. The van der Waals surface area contributed by atoms with E-state index in [1.54, 1.807) is 6.92 Å². The molecule has 2 rings (SSSR count). The fourth-order valence-electron chi connectivity index (χ4n) is 2.50. The molecule has 1 heterocycles. The van der Waals surface area contributed by atoms with Crippen LogP contribution in [0, 0.1) is 11.6 Å². The monoisotopic (exact) mass is 313 g/mol. The molecule has 1 saturated heterocycles. The fraction of sp³-hybridized carbons (Fsp3) is 0.562. The molecular formula is C16H21F2NOS. The Labute approximate surface area is 128 Å². The van der Waals surface area contributed by atoms with Crippen molar-refractivity contribution in [3.8, 4) is 0 Å². The summed E-state index contributed by atoms with van der Waals surface area (Å²) < 4.78 is 26.9. The van der Waals surface area contributed by atoms with Gasteiger partial charge in [-0.3, -0.25) is 9.69 Å². The second kappa shape index (κ2) is 6.44. The van der Waals surface area contributed by atoms with Gasteiger partial charge in [-0.25, -0.2) is 8.78 Å². The summed E-state index contributed by atoms with van der Waals surface area (Å²) in [6.45, 7) is 7.83. The molecule has 5 heteroatoms. The lowest BCUT2D eigenvalue weighted by atomic mass is 10.0. The maximum atomic E-state index is 13.7. The van der Waals surface area contributed by atoms with E-state index in [1.807, 2.05) is 11.8 Å². The van der Waals surface area contributed by atoms with Crippen molar-refractivity contribution in [2.45, 2.75) is 38.0 Å². The van der Waals surface area contributed by atoms with Crippen LogP contribution in [0.5, 0.6) is 0 Å². The van der Waals surface area contributed by atoms with Crippen molar-refractivity contribution in [3.05, 3.63) is 35.4 Å². The number of hydrogen-bond donors (Lipinski definition) is 0. The van der Waals surface area contributed by atoms with E-state index < -0.39 is 11.6 Å². The number of halogens is 2. The minimum atomic E-state index is -0.781. The lowest BCUT2D eigenvalue weighted by molar-refractivity contribution is 0.0840. The van der Waals surface area contributed by atoms with E-state index in [0.717, 1.165) is 37.4 Å². The summed E-state index contributed by atoms with van der Waals surface area (Å²) >= 11 is 1.90. The standard InChI is InChI=1S/C16H21F2NOS/c1-11(19-7-6-16(2,3)21-9-8-19)15(20)13-5-4-12(17)10-14(13)18/h4-5,10-11H,6-9H2,1-3H3. The molecule has 0 bridgehead atoms. The number of carbonyl (C=O) groups excluding carboxylic acids is 1. The molecule has 21 heavy (non-hydrogen) atoms. The largest absolute Gasteiger partial charge is 0.293 e. The summed E-state index contributed by atoms with van der Waals surface area (Å²) in [5, 5.41) is 0. The van der Waals surface area contributed by atoms with Gasteiger partial charge in [0.2, 0.25) is 0 Å². The van der Waals surface area contributed by atoms with Crippen LogP contribution < -0.4 is 0 Å². The topological polar surface area (TPSA) is 20.3 Å². The van der Waals surface area contributed by atoms with Crippen LogP contribution in [0.2, 0.25) is 0 Å². The molecule has 1 fully saturated rings. The first-order valence-corrected chi connectivity index (χ1v) is 8.16. The average molecular weight is 313 g/mol. The van der Waals surface area contributed by atoms with Gasteiger partial charge in [-0.15, -0.1) is 0 Å². The minimum Gasteiger partial charge on any atom is -0.293 e. The highest BCUT2D eigenvalue weighted by Gasteiger charge is 2.29. The first kappa shape index (κ1) is 16.4. The second-order valence-corrected chi connectivity index (χ2v) is 7.86. The molecule has 0 radical (unpaired) electrons. The van der Waals surface area contributed by atoms with E-state index in [2.05, 4.69) is 18.7 Å². The van der Waals surface area contributed by atoms with Gasteiger partial charge in [-0.1, -0.05) is 13.8 Å². The number of carbonyl (C=O) groups is 1. The van der Waals surface area contributed by atoms with E-state index in [-0.39, 0.29) is 22.1 Å². The highest BCUT2D eigenvalue weighted by atomic mass is 32.2. The number of benzene rings is 1. The molecule has 1 aromatic rings. The molecule has 2 nitrogen and oxygen atoms in total. The molecule has 116 valence electrons. The van der Waals surface area contributed by atoms with Crippen LogP contribution >= 0.6 is 11.8 Å². The molecule has 1 aliphatic heterocycles. The molecule has 1 atom stereocenters. The van der Waals surface area contributed by atoms with Gasteiger partial charge in [0.05, 0.1) is 11.6 Å². The maximum absolute atomic E-state index is 13.7. The van der Waals surface area contributed by atoms with Crippen LogP contribution in [-0.2, 0) is 0 Å². The zero-order chi connectivity index (χ0) is 15.6. The Morgan fingerprint density at radius 3 is 2.71 bits per heavy atom. The van der Waals surface area contributed by atoms with Crippen LogP contribution in [0.15, 0.2) is 18.2 Å². The Balaban J connectivity index is 2.12. The molecule has 0 aliphatic carbocycles. The predicted octanol–water partition coefficient (Wildman–Crippen LogP) is 3.75. The SMILES string of the molecule is CC(C(=O)c1ccc(F)cc1F)N1CCSC(C)(C)CC1. The predicted molar refractivity (Wildman–Crippen MR) is 82.9 cm³/mol. The van der Waals surface area contributed by atoms with Crippen molar-refractivity contribution >= 4 is 17.5 Å². The number of hydrogen-bond acceptors (Lipinski definition) is 3. The zero-order valence-electron chi connectivity index (χ0n) is 12.7. The Morgan fingerprint density at radius 2 is 2.05 bits per heavy atom. The van der Waals surface area contributed by atoms with Crippen LogP contribution in [0.3, 0.4) is 0 Å². The van der Waals surface area contributed by atoms with Gasteiger partial charge < -0.3 is 0 Å². The van der Waals surface area contributed by atoms with Gasteiger partial charge in [0.25, 0.3) is 0 Å². The summed E-state index contributed by atoms with van der Waals surface area (Å²) in [7, 11) is 0. The van der Waals surface area contributed by atoms with E-state index in [9.17, 15) is 13.6 Å². The lowest BCUT2D eigenvalue weighted by Gasteiger charge is -2.27. The van der Waals surface area contributed by atoms with Crippen LogP contribution in [0.25, 0.3) is 0 Å². The van der Waals surface area contributed by atoms with E-state index >= 15 is 0 Å². The lowest BCUT2D eigenvalue weighted by Crippen LogP contribution is -2.41. The van der Waals surface area contributed by atoms with Gasteiger partial charge in [0.1, 0.15) is 11.6 Å². The third-order valence-electron chi connectivity index (χ3n) is 4.00. The summed E-state index contributed by atoms with van der Waals surface area (Å²) in [5.41, 5.74) is -0.0277. The Bertz CT molecular complexity index is 533. The summed E-state index contributed by atoms with van der Waals surface area (Å²) in [6.07, 6.45) is 0.987. The summed E-state index contributed by atoms with van der Waals surface area (Å²) in [5.74, 6) is -0.769. The van der Waals surface area contributed by atoms with Crippen molar-refractivity contribution < 1.29 is 13.6 Å². The van der Waals surface area contributed by atoms with Gasteiger partial charge in [0.15, 0.2) is 5.78 Å². The number of Topliss-reactive ketones (excluding diaryl/α,β-unsaturated/α-hetero) is 1. The third-order valence-corrected chi connectivity index (χ3v) is 5.37. The molecule has 1 aliphatic rings. The van der Waals surface area contributed by atoms with Gasteiger partial charge in [-0.05, 0) is 25.5 Å². The van der Waals surface area contributed by atoms with Crippen LogP contribution in [-0.4, -0.2) is 40.3 Å². The molecule has 0 amide bonds. The fourth-order valence-corrected chi connectivity index (χ4v) is 3.62. The zero-order valence-corrected chi connectivity index (χ0v) is 13.5. The normalized spacial score (nSPS) is 20.8. The third kappa shape index (κ3) is 4.04. The van der Waals surface area contributed by atoms with Crippen molar-refractivity contribution in [1.82, 2.24) is 4.90 Å². The second-order valence-electron chi connectivity index (χ2n) is 6.06. The smallest absolute Gasteiger partial charge is 0.182 e.